The van der Waals surface area contributed by atoms with Crippen molar-refractivity contribution in [1.82, 2.24) is 10.2 Å². The van der Waals surface area contributed by atoms with Crippen LogP contribution < -0.4 is 5.32 Å². The third-order valence-corrected chi connectivity index (χ3v) is 4.60. The molecule has 2 rings (SSSR count). The molecule has 6 heteroatoms. The van der Waals surface area contributed by atoms with Crippen LogP contribution in [-0.2, 0) is 11.3 Å². The molecule has 20 heavy (non-hydrogen) atoms. The minimum absolute atomic E-state index is 0.00554. The lowest BCUT2D eigenvalue weighted by Gasteiger charge is -2.31. The molecule has 0 atom stereocenters. The summed E-state index contributed by atoms with van der Waals surface area (Å²) in [7, 11) is 1.73. The zero-order valence-corrected chi connectivity index (χ0v) is 12.4. The van der Waals surface area contributed by atoms with Gasteiger partial charge in [0, 0.05) is 11.9 Å². The van der Waals surface area contributed by atoms with E-state index < -0.39 is 11.5 Å². The minimum atomic E-state index is -0.854. The predicted molar refractivity (Wildman–Crippen MR) is 77.8 cm³/mol. The molecule has 0 aromatic carbocycles. The summed E-state index contributed by atoms with van der Waals surface area (Å²) in [5.41, 5.74) is -0.563. The smallest absolute Gasteiger partial charge is 0.317 e. The van der Waals surface area contributed by atoms with E-state index in [9.17, 15) is 9.59 Å². The van der Waals surface area contributed by atoms with Gasteiger partial charge in [0.2, 0.25) is 0 Å². The molecule has 0 spiro atoms. The second-order valence-electron chi connectivity index (χ2n) is 5.42. The van der Waals surface area contributed by atoms with E-state index in [4.69, 9.17) is 5.11 Å². The van der Waals surface area contributed by atoms with Gasteiger partial charge in [-0.25, -0.2) is 4.79 Å². The van der Waals surface area contributed by atoms with Crippen LogP contribution in [0.4, 0.5) is 4.79 Å². The maximum Gasteiger partial charge on any atom is 0.317 e. The third kappa shape index (κ3) is 3.72. The highest BCUT2D eigenvalue weighted by molar-refractivity contribution is 7.09. The first-order valence-electron chi connectivity index (χ1n) is 6.78. The van der Waals surface area contributed by atoms with E-state index in [1.807, 2.05) is 17.5 Å². The van der Waals surface area contributed by atoms with E-state index in [0.717, 1.165) is 30.6 Å². The maximum absolute atomic E-state index is 12.2. The number of nitrogens with zero attached hydrogens (tertiary/aromatic N) is 1. The predicted octanol–water partition coefficient (Wildman–Crippen LogP) is 2.68. The van der Waals surface area contributed by atoms with E-state index in [1.54, 1.807) is 23.3 Å². The zero-order chi connectivity index (χ0) is 14.6. The summed E-state index contributed by atoms with van der Waals surface area (Å²) in [5, 5.41) is 14.0. The van der Waals surface area contributed by atoms with Crippen molar-refractivity contribution in [2.45, 2.75) is 44.2 Å². The summed E-state index contributed by atoms with van der Waals surface area (Å²) in [4.78, 5) is 26.0. The molecule has 1 aliphatic carbocycles. The van der Waals surface area contributed by atoms with Gasteiger partial charge in [-0.3, -0.25) is 4.79 Å². The number of carbonyl (C=O) groups excluding carboxylic acids is 1. The first kappa shape index (κ1) is 14.8. The second-order valence-corrected chi connectivity index (χ2v) is 6.46. The van der Waals surface area contributed by atoms with E-state index in [1.165, 1.54) is 0 Å². The van der Waals surface area contributed by atoms with Gasteiger partial charge in [0.05, 0.1) is 18.5 Å². The summed E-state index contributed by atoms with van der Waals surface area (Å²) in [6, 6.07) is 3.74. The summed E-state index contributed by atoms with van der Waals surface area (Å²) in [6.07, 6.45) is 3.45. The number of hydrogen-bond donors (Lipinski definition) is 2. The number of hydrogen-bond acceptors (Lipinski definition) is 3. The Morgan fingerprint density at radius 3 is 2.70 bits per heavy atom. The van der Waals surface area contributed by atoms with Gasteiger partial charge in [-0.15, -0.1) is 11.3 Å². The van der Waals surface area contributed by atoms with E-state index in [0.29, 0.717) is 6.54 Å². The summed E-state index contributed by atoms with van der Waals surface area (Å²) < 4.78 is 0. The van der Waals surface area contributed by atoms with Gasteiger partial charge in [0.15, 0.2) is 0 Å². The van der Waals surface area contributed by atoms with Crippen LogP contribution in [-0.4, -0.2) is 34.6 Å². The molecule has 1 aromatic rings. The zero-order valence-electron chi connectivity index (χ0n) is 11.6. The maximum atomic E-state index is 12.2. The largest absolute Gasteiger partial charge is 0.481 e. The Balaban J connectivity index is 1.95. The monoisotopic (exact) mass is 296 g/mol. The molecule has 2 N–H and O–H groups in total. The van der Waals surface area contributed by atoms with Gasteiger partial charge >= 0.3 is 12.0 Å². The summed E-state index contributed by atoms with van der Waals surface area (Å²) >= 11 is 1.61. The number of nitrogens with one attached hydrogen (secondary N) is 1. The van der Waals surface area contributed by atoms with Gasteiger partial charge < -0.3 is 15.3 Å². The lowest BCUT2D eigenvalue weighted by molar-refractivity contribution is -0.138. The summed E-state index contributed by atoms with van der Waals surface area (Å²) in [5.74, 6) is -0.854. The Kier molecular flexibility index (Phi) is 4.65. The van der Waals surface area contributed by atoms with Crippen molar-refractivity contribution in [2.75, 3.05) is 7.05 Å². The van der Waals surface area contributed by atoms with Crippen LogP contribution in [0.1, 0.15) is 37.0 Å². The van der Waals surface area contributed by atoms with Crippen molar-refractivity contribution in [3.63, 3.8) is 0 Å². The molecule has 2 amide bonds. The molecule has 0 bridgehead atoms. The van der Waals surface area contributed by atoms with Crippen molar-refractivity contribution in [2.24, 2.45) is 0 Å². The minimum Gasteiger partial charge on any atom is -0.481 e. The Hall–Kier alpha value is -1.56. The molecular weight excluding hydrogens is 276 g/mol. The van der Waals surface area contributed by atoms with Gasteiger partial charge in [-0.1, -0.05) is 18.9 Å². The molecule has 5 nitrogen and oxygen atoms in total. The number of carboxylic acids is 1. The Labute approximate surface area is 122 Å². The van der Waals surface area contributed by atoms with Crippen LogP contribution in [0.25, 0.3) is 0 Å². The Morgan fingerprint density at radius 2 is 2.15 bits per heavy atom. The fourth-order valence-electron chi connectivity index (χ4n) is 2.72. The molecule has 0 unspecified atom stereocenters. The van der Waals surface area contributed by atoms with E-state index in [2.05, 4.69) is 5.32 Å². The lowest BCUT2D eigenvalue weighted by Crippen LogP contribution is -2.51. The van der Waals surface area contributed by atoms with Crippen LogP contribution >= 0.6 is 11.3 Å². The lowest BCUT2D eigenvalue weighted by atomic mass is 9.93. The third-order valence-electron chi connectivity index (χ3n) is 3.74. The van der Waals surface area contributed by atoms with Crippen LogP contribution in [0, 0.1) is 0 Å². The number of carboxylic acid groups (broad SMARTS) is 1. The van der Waals surface area contributed by atoms with Crippen LogP contribution in [0.2, 0.25) is 0 Å². The van der Waals surface area contributed by atoms with Crippen LogP contribution in [0.5, 0.6) is 0 Å². The average molecular weight is 296 g/mol. The van der Waals surface area contributed by atoms with Gasteiger partial charge in [0.1, 0.15) is 0 Å². The van der Waals surface area contributed by atoms with Crippen LogP contribution in [0.3, 0.4) is 0 Å². The first-order chi connectivity index (χ1) is 9.51. The first-order valence-corrected chi connectivity index (χ1v) is 7.66. The van der Waals surface area contributed by atoms with Crippen molar-refractivity contribution in [3.8, 4) is 0 Å². The molecule has 0 saturated heterocycles. The SMILES string of the molecule is CN(Cc1cccs1)C(=O)NC1(CC(=O)O)CCCC1. The highest BCUT2D eigenvalue weighted by Crippen LogP contribution is 2.32. The number of urea groups is 1. The quantitative estimate of drug-likeness (QED) is 0.877. The van der Waals surface area contributed by atoms with Crippen molar-refractivity contribution in [3.05, 3.63) is 22.4 Å². The second kappa shape index (κ2) is 6.26. The molecular formula is C14H20N2O3S. The topological polar surface area (TPSA) is 69.6 Å². The van der Waals surface area contributed by atoms with Gasteiger partial charge in [0.25, 0.3) is 0 Å². The Morgan fingerprint density at radius 1 is 1.45 bits per heavy atom. The molecule has 0 aliphatic heterocycles. The number of aliphatic carboxylic acids is 1. The van der Waals surface area contributed by atoms with Crippen molar-refractivity contribution < 1.29 is 14.7 Å². The number of carbonyl (C=O) groups is 2. The van der Waals surface area contributed by atoms with E-state index >= 15 is 0 Å². The molecule has 1 saturated carbocycles. The number of thiophene rings is 1. The average Bonchev–Trinajstić information content (AvgIpc) is 3.00. The standard InChI is InChI=1S/C14H20N2O3S/c1-16(10-11-5-4-8-20-11)13(19)15-14(9-12(17)18)6-2-3-7-14/h4-5,8H,2-3,6-7,9-10H2,1H3,(H,15,19)(H,17,18). The fraction of sp³-hybridized carbons (Fsp3) is 0.571. The number of amides is 2. The normalized spacial score (nSPS) is 16.9. The number of rotatable bonds is 5. The Bertz CT molecular complexity index is 467. The van der Waals surface area contributed by atoms with Gasteiger partial charge in [-0.05, 0) is 24.3 Å². The molecule has 1 aliphatic rings. The summed E-state index contributed by atoms with van der Waals surface area (Å²) in [6.45, 7) is 0.548. The molecule has 0 radical (unpaired) electrons. The fourth-order valence-corrected chi connectivity index (χ4v) is 3.47. The molecule has 1 fully saturated rings. The highest BCUT2D eigenvalue weighted by Gasteiger charge is 2.38. The van der Waals surface area contributed by atoms with Crippen molar-refractivity contribution >= 4 is 23.3 Å². The van der Waals surface area contributed by atoms with Crippen molar-refractivity contribution in [1.29, 1.82) is 0 Å². The molecule has 1 aromatic heterocycles. The molecule has 110 valence electrons. The van der Waals surface area contributed by atoms with Crippen LogP contribution in [0.15, 0.2) is 17.5 Å². The molecule has 1 heterocycles. The highest BCUT2D eigenvalue weighted by atomic mass is 32.1. The van der Waals surface area contributed by atoms with Gasteiger partial charge in [-0.2, -0.15) is 0 Å². The van der Waals surface area contributed by atoms with E-state index in [-0.39, 0.29) is 12.5 Å².